The van der Waals surface area contributed by atoms with Gasteiger partial charge in [0.05, 0.1) is 10.8 Å². The highest BCUT2D eigenvalue weighted by atomic mass is 32.1. The molecule has 0 bridgehead atoms. The number of allylic oxidation sites excluding steroid dienone is 1. The number of benzene rings is 1. The summed E-state index contributed by atoms with van der Waals surface area (Å²) in [4.78, 5) is 4.02. The molecule has 2 rings (SSSR count). The van der Waals surface area contributed by atoms with Crippen molar-refractivity contribution in [3.05, 3.63) is 42.5 Å². The molecule has 1 aromatic rings. The molecular formula is C21H29NS. The molecule has 0 aliphatic heterocycles. The summed E-state index contributed by atoms with van der Waals surface area (Å²) in [6.07, 6.45) is 15.6. The van der Waals surface area contributed by atoms with Gasteiger partial charge in [-0.25, -0.2) is 0 Å². The van der Waals surface area contributed by atoms with Crippen molar-refractivity contribution in [2.75, 3.05) is 0 Å². The summed E-state index contributed by atoms with van der Waals surface area (Å²) in [5.41, 5.74) is 2.38. The summed E-state index contributed by atoms with van der Waals surface area (Å²) in [6, 6.07) is 8.56. The highest BCUT2D eigenvalue weighted by Crippen LogP contribution is 2.38. The molecule has 0 saturated heterocycles. The molecule has 0 N–H and O–H groups in total. The predicted molar refractivity (Wildman–Crippen MR) is 104 cm³/mol. The van der Waals surface area contributed by atoms with E-state index in [0.29, 0.717) is 0 Å². The Hall–Kier alpha value is -1.24. The van der Waals surface area contributed by atoms with Gasteiger partial charge in [0.15, 0.2) is 0 Å². The van der Waals surface area contributed by atoms with Crippen LogP contribution in [0.1, 0.15) is 75.7 Å². The number of rotatable bonds is 9. The molecule has 1 saturated carbocycles. The average Bonchev–Trinajstić information content (AvgIpc) is 2.60. The van der Waals surface area contributed by atoms with Crippen LogP contribution >= 0.6 is 12.2 Å². The van der Waals surface area contributed by atoms with Gasteiger partial charge in [0.2, 0.25) is 0 Å². The van der Waals surface area contributed by atoms with Crippen LogP contribution in [0.25, 0.3) is 0 Å². The van der Waals surface area contributed by atoms with Crippen LogP contribution in [0.15, 0.2) is 41.9 Å². The number of unbranched alkanes of at least 4 members (excludes halogenated alkanes) is 4. The van der Waals surface area contributed by atoms with Gasteiger partial charge in [-0.3, -0.25) is 0 Å². The zero-order valence-corrected chi connectivity index (χ0v) is 15.0. The molecular weight excluding hydrogens is 298 g/mol. The Labute approximate surface area is 146 Å². The van der Waals surface area contributed by atoms with Crippen LogP contribution in [0.2, 0.25) is 0 Å². The van der Waals surface area contributed by atoms with E-state index in [1.54, 1.807) is 0 Å². The van der Waals surface area contributed by atoms with Crippen molar-refractivity contribution in [3.63, 3.8) is 0 Å². The standard InChI is InChI=1S/C21H29NS/c1-2-3-4-5-6-7-8-18-9-11-19(12-10-18)20-13-15-21(16-14-20)22-17-23/h2,13-16,18-19H,1,3-12H2. The predicted octanol–water partition coefficient (Wildman–Crippen LogP) is 7.22. The minimum Gasteiger partial charge on any atom is -0.195 e. The second-order valence-electron chi connectivity index (χ2n) is 6.79. The van der Waals surface area contributed by atoms with Crippen LogP contribution in [0, 0.1) is 5.92 Å². The van der Waals surface area contributed by atoms with Gasteiger partial charge < -0.3 is 0 Å². The topological polar surface area (TPSA) is 12.4 Å². The van der Waals surface area contributed by atoms with E-state index >= 15 is 0 Å². The van der Waals surface area contributed by atoms with Crippen molar-refractivity contribution in [1.82, 2.24) is 0 Å². The zero-order chi connectivity index (χ0) is 16.3. The molecule has 23 heavy (non-hydrogen) atoms. The molecule has 0 spiro atoms. The van der Waals surface area contributed by atoms with Crippen LogP contribution in [-0.2, 0) is 0 Å². The number of isothiocyanates is 1. The minimum absolute atomic E-state index is 0.740. The molecule has 0 amide bonds. The van der Waals surface area contributed by atoms with Gasteiger partial charge in [0.25, 0.3) is 0 Å². The first-order chi connectivity index (χ1) is 11.3. The van der Waals surface area contributed by atoms with Gasteiger partial charge in [0, 0.05) is 0 Å². The van der Waals surface area contributed by atoms with Gasteiger partial charge >= 0.3 is 0 Å². The Morgan fingerprint density at radius 3 is 2.39 bits per heavy atom. The van der Waals surface area contributed by atoms with Crippen LogP contribution in [0.5, 0.6) is 0 Å². The Morgan fingerprint density at radius 1 is 1.04 bits per heavy atom. The fourth-order valence-corrected chi connectivity index (χ4v) is 3.84. The first kappa shape index (κ1) is 18.1. The number of aliphatic imine (C=N–C) groups is 1. The first-order valence-electron chi connectivity index (χ1n) is 9.12. The third-order valence-electron chi connectivity index (χ3n) is 5.16. The average molecular weight is 328 g/mol. The summed E-state index contributed by atoms with van der Waals surface area (Å²) in [5, 5.41) is 2.43. The van der Waals surface area contributed by atoms with Crippen molar-refractivity contribution >= 4 is 23.1 Å². The molecule has 0 atom stereocenters. The molecule has 1 aromatic carbocycles. The first-order valence-corrected chi connectivity index (χ1v) is 9.53. The quantitative estimate of drug-likeness (QED) is 0.202. The fourth-order valence-electron chi connectivity index (χ4n) is 3.73. The molecule has 1 aliphatic rings. The number of thiocarbonyl (C=S) groups is 1. The van der Waals surface area contributed by atoms with Crippen molar-refractivity contribution in [3.8, 4) is 0 Å². The zero-order valence-electron chi connectivity index (χ0n) is 14.2. The highest BCUT2D eigenvalue weighted by molar-refractivity contribution is 7.78. The number of hydrogen-bond donors (Lipinski definition) is 0. The van der Waals surface area contributed by atoms with E-state index < -0.39 is 0 Å². The second-order valence-corrected chi connectivity index (χ2v) is 6.98. The molecule has 0 heterocycles. The molecule has 0 radical (unpaired) electrons. The number of nitrogens with zero attached hydrogens (tertiary/aromatic N) is 1. The van der Waals surface area contributed by atoms with Crippen LogP contribution in [0.4, 0.5) is 5.69 Å². The smallest absolute Gasteiger partial charge is 0.0739 e. The van der Waals surface area contributed by atoms with Crippen LogP contribution in [0.3, 0.4) is 0 Å². The van der Waals surface area contributed by atoms with Gasteiger partial charge in [0.1, 0.15) is 0 Å². The maximum Gasteiger partial charge on any atom is 0.0739 e. The Kier molecular flexibility index (Phi) is 8.28. The third-order valence-corrected chi connectivity index (χ3v) is 5.25. The van der Waals surface area contributed by atoms with Crippen molar-refractivity contribution in [1.29, 1.82) is 0 Å². The fraction of sp³-hybridized carbons (Fsp3) is 0.571. The van der Waals surface area contributed by atoms with E-state index in [9.17, 15) is 0 Å². The number of hydrogen-bond acceptors (Lipinski definition) is 2. The van der Waals surface area contributed by atoms with Crippen LogP contribution in [-0.4, -0.2) is 5.16 Å². The normalized spacial score (nSPS) is 20.7. The lowest BCUT2D eigenvalue weighted by molar-refractivity contribution is 0.302. The van der Waals surface area contributed by atoms with Crippen molar-refractivity contribution in [2.24, 2.45) is 10.9 Å². The maximum absolute atomic E-state index is 4.65. The van der Waals surface area contributed by atoms with E-state index in [0.717, 1.165) is 17.5 Å². The summed E-state index contributed by atoms with van der Waals surface area (Å²) in [7, 11) is 0. The van der Waals surface area contributed by atoms with E-state index in [-0.39, 0.29) is 0 Å². The van der Waals surface area contributed by atoms with E-state index in [1.807, 2.05) is 6.08 Å². The van der Waals surface area contributed by atoms with E-state index in [1.165, 1.54) is 69.8 Å². The SMILES string of the molecule is C=CCCCCCCC1CCC(c2ccc(N=C=S)cc2)CC1. The second kappa shape index (κ2) is 10.5. The van der Waals surface area contributed by atoms with E-state index in [4.69, 9.17) is 0 Å². The monoisotopic (exact) mass is 327 g/mol. The lowest BCUT2D eigenvalue weighted by Crippen LogP contribution is -2.13. The largest absolute Gasteiger partial charge is 0.195 e. The Morgan fingerprint density at radius 2 is 1.74 bits per heavy atom. The third kappa shape index (κ3) is 6.41. The van der Waals surface area contributed by atoms with Gasteiger partial charge in [-0.15, -0.1) is 6.58 Å². The lowest BCUT2D eigenvalue weighted by Gasteiger charge is -2.29. The molecule has 1 aliphatic carbocycles. The van der Waals surface area contributed by atoms with Crippen molar-refractivity contribution in [2.45, 2.75) is 70.1 Å². The molecule has 2 heteroatoms. The Balaban J connectivity index is 1.67. The molecule has 0 unspecified atom stereocenters. The van der Waals surface area contributed by atoms with Crippen LogP contribution < -0.4 is 0 Å². The molecule has 1 fully saturated rings. The minimum atomic E-state index is 0.740. The lowest BCUT2D eigenvalue weighted by atomic mass is 9.77. The molecule has 124 valence electrons. The Bertz CT molecular complexity index is 505. The molecule has 1 nitrogen and oxygen atoms in total. The summed E-state index contributed by atoms with van der Waals surface area (Å²) in [5.74, 6) is 1.70. The molecule has 0 aromatic heterocycles. The summed E-state index contributed by atoms with van der Waals surface area (Å²) >= 11 is 4.65. The van der Waals surface area contributed by atoms with Gasteiger partial charge in [-0.1, -0.05) is 43.9 Å². The van der Waals surface area contributed by atoms with Gasteiger partial charge in [-0.05, 0) is 80.3 Å². The summed E-state index contributed by atoms with van der Waals surface area (Å²) < 4.78 is 0. The highest BCUT2D eigenvalue weighted by Gasteiger charge is 2.21. The van der Waals surface area contributed by atoms with E-state index in [2.05, 4.69) is 53.2 Å². The maximum atomic E-state index is 4.65. The van der Waals surface area contributed by atoms with Gasteiger partial charge in [-0.2, -0.15) is 4.99 Å². The van der Waals surface area contributed by atoms with Crippen molar-refractivity contribution < 1.29 is 0 Å². The summed E-state index contributed by atoms with van der Waals surface area (Å²) in [6.45, 7) is 3.78.